The molecule has 4 rings (SSSR count). The smallest absolute Gasteiger partial charge is 0.193 e. The Morgan fingerprint density at radius 3 is 2.88 bits per heavy atom. The third-order valence-electron chi connectivity index (χ3n) is 6.83. The number of nitrogens with one attached hydrogen (secondary N) is 1. The summed E-state index contributed by atoms with van der Waals surface area (Å²) in [6.45, 7) is 12.1. The molecule has 1 aromatic rings. The van der Waals surface area contributed by atoms with Gasteiger partial charge in [-0.1, -0.05) is 0 Å². The minimum Gasteiger partial charge on any atom is -0.376 e. The number of hydrogen-bond donors (Lipinski definition) is 1. The lowest BCUT2D eigenvalue weighted by Gasteiger charge is -2.35. The maximum Gasteiger partial charge on any atom is 0.193 e. The van der Waals surface area contributed by atoms with E-state index in [1.54, 1.807) is 4.88 Å². The van der Waals surface area contributed by atoms with Gasteiger partial charge in [-0.3, -0.25) is 9.89 Å². The van der Waals surface area contributed by atoms with Crippen molar-refractivity contribution in [2.24, 2.45) is 4.99 Å². The molecule has 0 aromatic carbocycles. The van der Waals surface area contributed by atoms with Gasteiger partial charge >= 0.3 is 0 Å². The summed E-state index contributed by atoms with van der Waals surface area (Å²) < 4.78 is 12.0. The van der Waals surface area contributed by atoms with Crippen LogP contribution in [-0.2, 0) is 22.4 Å². The third-order valence-corrected chi connectivity index (χ3v) is 7.86. The van der Waals surface area contributed by atoms with Crippen LogP contribution in [0.15, 0.2) is 16.4 Å². The Kier molecular flexibility index (Phi) is 11.0. The van der Waals surface area contributed by atoms with Crippen LogP contribution in [0.25, 0.3) is 0 Å². The predicted octanol–water partition coefficient (Wildman–Crippen LogP) is 4.13. The summed E-state index contributed by atoms with van der Waals surface area (Å²) in [5, 5.41) is 5.75. The quantitative estimate of drug-likeness (QED) is 0.301. The van der Waals surface area contributed by atoms with E-state index in [0.29, 0.717) is 18.2 Å². The molecule has 0 aliphatic carbocycles. The van der Waals surface area contributed by atoms with E-state index in [0.717, 1.165) is 77.7 Å². The minimum atomic E-state index is 0. The summed E-state index contributed by atoms with van der Waals surface area (Å²) >= 11 is 1.91. The average Bonchev–Trinajstić information content (AvgIpc) is 3.29. The van der Waals surface area contributed by atoms with Gasteiger partial charge in [-0.25, -0.2) is 0 Å². The molecule has 3 aliphatic rings. The lowest BCUT2D eigenvalue weighted by Crippen LogP contribution is -2.48. The van der Waals surface area contributed by atoms with Gasteiger partial charge in [0.1, 0.15) is 0 Å². The van der Waals surface area contributed by atoms with Crippen molar-refractivity contribution in [1.82, 2.24) is 15.1 Å². The van der Waals surface area contributed by atoms with Crippen molar-refractivity contribution in [3.05, 3.63) is 21.9 Å². The predicted molar refractivity (Wildman–Crippen MR) is 143 cm³/mol. The molecule has 1 N–H and O–H groups in total. The van der Waals surface area contributed by atoms with Crippen molar-refractivity contribution in [3.8, 4) is 0 Å². The molecule has 0 saturated carbocycles. The van der Waals surface area contributed by atoms with Crippen molar-refractivity contribution in [1.29, 1.82) is 0 Å². The number of rotatable bonds is 7. The Bertz CT molecular complexity index is 702. The number of aliphatic imine (C=N–C) groups is 1. The van der Waals surface area contributed by atoms with Crippen LogP contribution in [0.4, 0.5) is 0 Å². The second-order valence-electron chi connectivity index (χ2n) is 9.14. The highest BCUT2D eigenvalue weighted by Gasteiger charge is 2.25. The second-order valence-corrected chi connectivity index (χ2v) is 10.1. The molecule has 0 radical (unpaired) electrons. The Morgan fingerprint density at radius 2 is 2.12 bits per heavy atom. The van der Waals surface area contributed by atoms with Crippen LogP contribution in [0, 0.1) is 0 Å². The molecular formula is C24H41IN4O2S. The number of fused-ring (bicyclic) bond motifs is 1. The fourth-order valence-corrected chi connectivity index (χ4v) is 5.71. The highest BCUT2D eigenvalue weighted by Crippen LogP contribution is 2.25. The van der Waals surface area contributed by atoms with E-state index < -0.39 is 0 Å². The maximum atomic E-state index is 6.19. The number of halogens is 1. The fourth-order valence-electron chi connectivity index (χ4n) is 4.82. The van der Waals surface area contributed by atoms with E-state index in [1.165, 1.54) is 24.8 Å². The normalized spacial score (nSPS) is 24.0. The first-order valence-corrected chi connectivity index (χ1v) is 13.2. The molecule has 2 fully saturated rings. The zero-order valence-electron chi connectivity index (χ0n) is 19.8. The lowest BCUT2D eigenvalue weighted by atomic mass is 10.1. The number of likely N-dealkylation sites (tertiary alicyclic amines) is 1. The number of ether oxygens (including phenoxy) is 2. The number of thiophene rings is 1. The Hall–Kier alpha value is -0.420. The number of hydrogen-bond acceptors (Lipinski definition) is 5. The van der Waals surface area contributed by atoms with Gasteiger partial charge in [0, 0.05) is 50.2 Å². The molecule has 2 atom stereocenters. The van der Waals surface area contributed by atoms with Crippen molar-refractivity contribution in [2.45, 2.75) is 77.2 Å². The molecule has 3 aliphatic heterocycles. The van der Waals surface area contributed by atoms with Crippen LogP contribution in [0.5, 0.6) is 0 Å². The third kappa shape index (κ3) is 7.29. The van der Waals surface area contributed by atoms with E-state index in [-0.39, 0.29) is 24.0 Å². The molecule has 6 nitrogen and oxygen atoms in total. The highest BCUT2D eigenvalue weighted by molar-refractivity contribution is 14.0. The molecule has 1 aromatic heterocycles. The summed E-state index contributed by atoms with van der Waals surface area (Å²) in [4.78, 5) is 11.6. The zero-order chi connectivity index (χ0) is 21.5. The average molecular weight is 577 g/mol. The topological polar surface area (TPSA) is 49.3 Å². The molecule has 32 heavy (non-hydrogen) atoms. The first-order valence-electron chi connectivity index (χ1n) is 12.3. The number of guanidine groups is 1. The van der Waals surface area contributed by atoms with Crippen LogP contribution in [-0.4, -0.2) is 79.9 Å². The molecule has 0 spiro atoms. The molecule has 0 bridgehead atoms. The largest absolute Gasteiger partial charge is 0.376 e. The van der Waals surface area contributed by atoms with Gasteiger partial charge in [-0.15, -0.1) is 35.3 Å². The van der Waals surface area contributed by atoms with Gasteiger partial charge in [0.2, 0.25) is 0 Å². The molecule has 2 saturated heterocycles. The van der Waals surface area contributed by atoms with Crippen molar-refractivity contribution >= 4 is 41.3 Å². The van der Waals surface area contributed by atoms with Gasteiger partial charge in [-0.05, 0) is 69.4 Å². The Morgan fingerprint density at radius 1 is 1.28 bits per heavy atom. The van der Waals surface area contributed by atoms with Crippen LogP contribution >= 0.6 is 35.3 Å². The molecular weight excluding hydrogens is 535 g/mol. The number of nitrogens with zero attached hydrogens (tertiary/aromatic N) is 3. The summed E-state index contributed by atoms with van der Waals surface area (Å²) in [5.74, 6) is 1.07. The summed E-state index contributed by atoms with van der Waals surface area (Å²) in [6, 6.07) is 2.75. The van der Waals surface area contributed by atoms with Crippen molar-refractivity contribution < 1.29 is 9.47 Å². The Balaban J connectivity index is 0.00000289. The number of piperidine rings is 1. The van der Waals surface area contributed by atoms with Crippen LogP contribution in [0.1, 0.15) is 56.4 Å². The first-order chi connectivity index (χ1) is 15.2. The SMILES string of the molecule is CCNC(=NCC(C)N1CCc2sccc2C1)N1CCC(OCC2CCCCO2)CC1.I. The Labute approximate surface area is 215 Å². The highest BCUT2D eigenvalue weighted by atomic mass is 127. The van der Waals surface area contributed by atoms with E-state index in [2.05, 4.69) is 40.4 Å². The molecule has 0 amide bonds. The lowest BCUT2D eigenvalue weighted by molar-refractivity contribution is -0.0721. The molecule has 2 unspecified atom stereocenters. The monoisotopic (exact) mass is 576 g/mol. The van der Waals surface area contributed by atoms with Gasteiger partial charge in [-0.2, -0.15) is 0 Å². The molecule has 8 heteroatoms. The van der Waals surface area contributed by atoms with Gasteiger partial charge in [0.15, 0.2) is 5.96 Å². The van der Waals surface area contributed by atoms with E-state index >= 15 is 0 Å². The summed E-state index contributed by atoms with van der Waals surface area (Å²) in [7, 11) is 0. The first kappa shape index (κ1) is 26.2. The van der Waals surface area contributed by atoms with Crippen LogP contribution in [0.2, 0.25) is 0 Å². The van der Waals surface area contributed by atoms with Crippen molar-refractivity contribution in [3.63, 3.8) is 0 Å². The summed E-state index contributed by atoms with van der Waals surface area (Å²) in [6.07, 6.45) is 7.62. The van der Waals surface area contributed by atoms with Crippen LogP contribution in [0.3, 0.4) is 0 Å². The standard InChI is InChI=1S/C24H40N4O2S.HI/c1-3-25-24(26-16-19(2)28-13-9-23-20(17-28)10-15-31-23)27-11-7-21(8-12-27)30-18-22-6-4-5-14-29-22;/h10,15,19,21-22H,3-9,11-14,16-18H2,1-2H3,(H,25,26);1H. The minimum absolute atomic E-state index is 0. The van der Waals surface area contributed by atoms with Gasteiger partial charge in [0.05, 0.1) is 25.4 Å². The fraction of sp³-hybridized carbons (Fsp3) is 0.792. The van der Waals surface area contributed by atoms with E-state index in [9.17, 15) is 0 Å². The summed E-state index contributed by atoms with van der Waals surface area (Å²) in [5.41, 5.74) is 1.51. The van der Waals surface area contributed by atoms with Crippen molar-refractivity contribution in [2.75, 3.05) is 45.9 Å². The van der Waals surface area contributed by atoms with Gasteiger partial charge < -0.3 is 19.7 Å². The van der Waals surface area contributed by atoms with E-state index in [4.69, 9.17) is 14.5 Å². The second kappa shape index (κ2) is 13.5. The zero-order valence-corrected chi connectivity index (χ0v) is 22.9. The van der Waals surface area contributed by atoms with E-state index in [1.807, 2.05) is 11.3 Å². The maximum absolute atomic E-state index is 6.19. The molecule has 4 heterocycles. The van der Waals surface area contributed by atoms with Gasteiger partial charge in [0.25, 0.3) is 0 Å². The van der Waals surface area contributed by atoms with Crippen LogP contribution < -0.4 is 5.32 Å². The molecule has 182 valence electrons.